The maximum atomic E-state index is 12.0. The van der Waals surface area contributed by atoms with Crippen LogP contribution in [0.5, 0.6) is 5.75 Å². The summed E-state index contributed by atoms with van der Waals surface area (Å²) in [5.41, 5.74) is 6.90. The Morgan fingerprint density at radius 3 is 2.80 bits per heavy atom. The maximum absolute atomic E-state index is 12.0. The van der Waals surface area contributed by atoms with Gasteiger partial charge < -0.3 is 15.2 Å². The van der Waals surface area contributed by atoms with Gasteiger partial charge in [0.25, 0.3) is 0 Å². The van der Waals surface area contributed by atoms with E-state index in [1.807, 2.05) is 0 Å². The largest absolute Gasteiger partial charge is 0.487 e. The number of nitrogen functional groups attached to an aromatic ring is 1. The highest BCUT2D eigenvalue weighted by Gasteiger charge is 2.26. The molecule has 4 heteroatoms. The predicted molar refractivity (Wildman–Crippen MR) is 78.9 cm³/mol. The molecule has 0 saturated heterocycles. The fourth-order valence-electron chi connectivity index (χ4n) is 2.66. The molecule has 0 spiro atoms. The fourth-order valence-corrected chi connectivity index (χ4v) is 2.66. The summed E-state index contributed by atoms with van der Waals surface area (Å²) in [6.45, 7) is 4.31. The summed E-state index contributed by atoms with van der Waals surface area (Å²) in [6, 6.07) is 5.21. The number of rotatable bonds is 4. The molecule has 1 aromatic carbocycles. The molecule has 2 rings (SSSR count). The van der Waals surface area contributed by atoms with E-state index >= 15 is 0 Å². The van der Waals surface area contributed by atoms with Gasteiger partial charge >= 0.3 is 5.97 Å². The minimum Gasteiger partial charge on any atom is -0.487 e. The Labute approximate surface area is 120 Å². The van der Waals surface area contributed by atoms with Crippen LogP contribution in [-0.2, 0) is 4.74 Å². The van der Waals surface area contributed by atoms with Gasteiger partial charge in [-0.3, -0.25) is 0 Å². The second kappa shape index (κ2) is 6.64. The monoisotopic (exact) mass is 277 g/mol. The van der Waals surface area contributed by atoms with E-state index < -0.39 is 0 Å². The van der Waals surface area contributed by atoms with E-state index in [1.165, 1.54) is 6.42 Å². The van der Waals surface area contributed by atoms with Gasteiger partial charge in [0.2, 0.25) is 0 Å². The zero-order chi connectivity index (χ0) is 14.5. The molecule has 20 heavy (non-hydrogen) atoms. The minimum atomic E-state index is -0.377. The fraction of sp³-hybridized carbons (Fsp3) is 0.562. The van der Waals surface area contributed by atoms with Crippen LogP contribution < -0.4 is 10.5 Å². The molecule has 2 atom stereocenters. The van der Waals surface area contributed by atoms with Crippen LogP contribution in [0.3, 0.4) is 0 Å². The number of carbonyl (C=O) groups is 1. The maximum Gasteiger partial charge on any atom is 0.341 e. The quantitative estimate of drug-likeness (QED) is 0.676. The summed E-state index contributed by atoms with van der Waals surface area (Å²) < 4.78 is 11.1. The second-order valence-electron chi connectivity index (χ2n) is 5.36. The Morgan fingerprint density at radius 1 is 1.35 bits per heavy atom. The molecule has 0 radical (unpaired) electrons. The van der Waals surface area contributed by atoms with E-state index in [1.54, 1.807) is 25.1 Å². The normalized spacial score (nSPS) is 22.3. The number of hydrogen-bond acceptors (Lipinski definition) is 4. The number of benzene rings is 1. The SMILES string of the molecule is CCOC(=O)c1cccc(N)c1OC1CCCCC1C. The van der Waals surface area contributed by atoms with E-state index in [0.29, 0.717) is 29.5 Å². The number of nitrogens with two attached hydrogens (primary N) is 1. The minimum absolute atomic E-state index is 0.127. The van der Waals surface area contributed by atoms with Crippen LogP contribution in [0.4, 0.5) is 5.69 Å². The van der Waals surface area contributed by atoms with Crippen molar-refractivity contribution in [2.75, 3.05) is 12.3 Å². The molecule has 0 heterocycles. The van der Waals surface area contributed by atoms with Crippen LogP contribution in [0.25, 0.3) is 0 Å². The molecule has 0 bridgehead atoms. The van der Waals surface area contributed by atoms with E-state index in [-0.39, 0.29) is 12.1 Å². The summed E-state index contributed by atoms with van der Waals surface area (Å²) in [7, 11) is 0. The van der Waals surface area contributed by atoms with E-state index in [9.17, 15) is 4.79 Å². The summed E-state index contributed by atoms with van der Waals surface area (Å²) in [5, 5.41) is 0. The number of ether oxygens (including phenoxy) is 2. The molecular formula is C16H23NO3. The molecule has 0 amide bonds. The van der Waals surface area contributed by atoms with E-state index in [2.05, 4.69) is 6.92 Å². The number of hydrogen-bond donors (Lipinski definition) is 1. The van der Waals surface area contributed by atoms with Crippen LogP contribution in [0.1, 0.15) is 49.9 Å². The van der Waals surface area contributed by atoms with Crippen molar-refractivity contribution in [3.05, 3.63) is 23.8 Å². The zero-order valence-corrected chi connectivity index (χ0v) is 12.2. The molecule has 1 aliphatic carbocycles. The topological polar surface area (TPSA) is 61.5 Å². The van der Waals surface area contributed by atoms with Gasteiger partial charge in [0.15, 0.2) is 5.75 Å². The van der Waals surface area contributed by atoms with Crippen molar-refractivity contribution in [3.8, 4) is 5.75 Å². The first-order valence-electron chi connectivity index (χ1n) is 7.35. The third kappa shape index (κ3) is 3.24. The lowest BCUT2D eigenvalue weighted by Gasteiger charge is -2.30. The van der Waals surface area contributed by atoms with Crippen molar-refractivity contribution in [1.29, 1.82) is 0 Å². The van der Waals surface area contributed by atoms with Gasteiger partial charge in [0, 0.05) is 0 Å². The highest BCUT2D eigenvalue weighted by atomic mass is 16.5. The molecule has 0 aromatic heterocycles. The second-order valence-corrected chi connectivity index (χ2v) is 5.36. The van der Waals surface area contributed by atoms with Crippen LogP contribution >= 0.6 is 0 Å². The highest BCUT2D eigenvalue weighted by molar-refractivity contribution is 5.94. The summed E-state index contributed by atoms with van der Waals surface area (Å²) in [5.74, 6) is 0.585. The van der Waals surface area contributed by atoms with Crippen LogP contribution in [0, 0.1) is 5.92 Å². The number of carbonyl (C=O) groups excluding carboxylic acids is 1. The first-order valence-corrected chi connectivity index (χ1v) is 7.35. The van der Waals surface area contributed by atoms with Crippen molar-refractivity contribution in [2.24, 2.45) is 5.92 Å². The lowest BCUT2D eigenvalue weighted by molar-refractivity contribution is 0.0509. The van der Waals surface area contributed by atoms with Gasteiger partial charge in [-0.25, -0.2) is 4.79 Å². The average Bonchev–Trinajstić information content (AvgIpc) is 2.43. The van der Waals surface area contributed by atoms with Crippen LogP contribution in [0.2, 0.25) is 0 Å². The Balaban J connectivity index is 2.23. The summed E-state index contributed by atoms with van der Waals surface area (Å²) >= 11 is 0. The lowest BCUT2D eigenvalue weighted by Crippen LogP contribution is -2.29. The average molecular weight is 277 g/mol. The molecule has 2 N–H and O–H groups in total. The molecule has 110 valence electrons. The summed E-state index contributed by atoms with van der Waals surface area (Å²) in [4.78, 5) is 12.0. The standard InChI is InChI=1S/C16H23NO3/c1-3-19-16(18)12-8-6-9-13(17)15(12)20-14-10-5-4-7-11(14)2/h6,8-9,11,14H,3-5,7,10,17H2,1-2H3. The Kier molecular flexibility index (Phi) is 4.88. The van der Waals surface area contributed by atoms with Crippen LogP contribution in [-0.4, -0.2) is 18.7 Å². The molecule has 1 saturated carbocycles. The molecular weight excluding hydrogens is 254 g/mol. The molecule has 0 aliphatic heterocycles. The smallest absolute Gasteiger partial charge is 0.341 e. The molecule has 4 nitrogen and oxygen atoms in total. The first-order chi connectivity index (χ1) is 9.63. The molecule has 1 aliphatic rings. The van der Waals surface area contributed by atoms with E-state index in [0.717, 1.165) is 19.3 Å². The van der Waals surface area contributed by atoms with Gasteiger partial charge in [0.1, 0.15) is 11.7 Å². The predicted octanol–water partition coefficient (Wildman–Crippen LogP) is 3.40. The summed E-state index contributed by atoms with van der Waals surface area (Å²) in [6.07, 6.45) is 4.71. The van der Waals surface area contributed by atoms with Gasteiger partial charge in [-0.1, -0.05) is 19.4 Å². The van der Waals surface area contributed by atoms with Gasteiger partial charge in [-0.2, -0.15) is 0 Å². The number of esters is 1. The van der Waals surface area contributed by atoms with E-state index in [4.69, 9.17) is 15.2 Å². The van der Waals surface area contributed by atoms with Crippen molar-refractivity contribution in [3.63, 3.8) is 0 Å². The third-order valence-electron chi connectivity index (χ3n) is 3.84. The van der Waals surface area contributed by atoms with Gasteiger partial charge in [0.05, 0.1) is 12.3 Å². The Bertz CT molecular complexity index is 473. The Hall–Kier alpha value is -1.71. The molecule has 1 aromatic rings. The van der Waals surface area contributed by atoms with Crippen molar-refractivity contribution < 1.29 is 14.3 Å². The highest BCUT2D eigenvalue weighted by Crippen LogP contribution is 2.33. The third-order valence-corrected chi connectivity index (χ3v) is 3.84. The van der Waals surface area contributed by atoms with Gasteiger partial charge in [-0.15, -0.1) is 0 Å². The van der Waals surface area contributed by atoms with Crippen molar-refractivity contribution in [1.82, 2.24) is 0 Å². The van der Waals surface area contributed by atoms with Gasteiger partial charge in [-0.05, 0) is 44.2 Å². The molecule has 2 unspecified atom stereocenters. The lowest BCUT2D eigenvalue weighted by atomic mass is 9.88. The Morgan fingerprint density at radius 2 is 2.10 bits per heavy atom. The number of para-hydroxylation sites is 1. The van der Waals surface area contributed by atoms with Crippen molar-refractivity contribution >= 4 is 11.7 Å². The molecule has 1 fully saturated rings. The number of anilines is 1. The van der Waals surface area contributed by atoms with Crippen LogP contribution in [0.15, 0.2) is 18.2 Å². The zero-order valence-electron chi connectivity index (χ0n) is 12.2. The first kappa shape index (κ1) is 14.7. The van der Waals surface area contributed by atoms with Crippen molar-refractivity contribution in [2.45, 2.75) is 45.6 Å².